The van der Waals surface area contributed by atoms with Gasteiger partial charge >= 0.3 is 0 Å². The number of aryl methyl sites for hydroxylation is 4. The summed E-state index contributed by atoms with van der Waals surface area (Å²) in [7, 11) is 1.70. The number of rotatable bonds is 7. The largest absolute Gasteiger partial charge is 0.497 e. The van der Waals surface area contributed by atoms with E-state index in [1.54, 1.807) is 7.11 Å². The third-order valence-electron chi connectivity index (χ3n) is 4.43. The summed E-state index contributed by atoms with van der Waals surface area (Å²) in [6.45, 7) is 0. The zero-order valence-corrected chi connectivity index (χ0v) is 14.2. The molecule has 0 fully saturated rings. The highest BCUT2D eigenvalue weighted by atomic mass is 16.5. The molecule has 0 atom stereocenters. The standard InChI is InChI=1S/C23H24O/c1-24-23-17-15-22(16-18-23)14-13-21-11-9-20(10-12-21)8-7-19-5-3-2-4-6-19/h2-6,9-12,15-18H,7-8,13-14H2,1H3. The van der Waals surface area contributed by atoms with Crippen molar-refractivity contribution in [1.29, 1.82) is 0 Å². The van der Waals surface area contributed by atoms with Crippen LogP contribution in [-0.2, 0) is 25.7 Å². The van der Waals surface area contributed by atoms with Gasteiger partial charge in [0.1, 0.15) is 5.75 Å². The number of methoxy groups -OCH3 is 1. The summed E-state index contributed by atoms with van der Waals surface area (Å²) in [6.07, 6.45) is 4.34. The molecule has 0 saturated carbocycles. The van der Waals surface area contributed by atoms with E-state index < -0.39 is 0 Å². The molecule has 3 rings (SSSR count). The molecule has 0 saturated heterocycles. The Morgan fingerprint density at radius 1 is 0.500 bits per heavy atom. The quantitative estimate of drug-likeness (QED) is 0.577. The van der Waals surface area contributed by atoms with Gasteiger partial charge in [-0.15, -0.1) is 0 Å². The van der Waals surface area contributed by atoms with Gasteiger partial charge in [-0.25, -0.2) is 0 Å². The van der Waals surface area contributed by atoms with Crippen LogP contribution in [0.1, 0.15) is 22.3 Å². The lowest BCUT2D eigenvalue weighted by molar-refractivity contribution is 0.414. The summed E-state index contributed by atoms with van der Waals surface area (Å²) in [5.41, 5.74) is 5.56. The molecular formula is C23H24O. The molecule has 0 aromatic heterocycles. The van der Waals surface area contributed by atoms with Crippen LogP contribution in [-0.4, -0.2) is 7.11 Å². The predicted molar refractivity (Wildman–Crippen MR) is 101 cm³/mol. The SMILES string of the molecule is COc1ccc(CCc2ccc(CCc3ccccc3)cc2)cc1. The fraction of sp³-hybridized carbons (Fsp3) is 0.217. The lowest BCUT2D eigenvalue weighted by atomic mass is 10.0. The molecule has 0 N–H and O–H groups in total. The molecule has 1 heteroatoms. The van der Waals surface area contributed by atoms with E-state index in [0.717, 1.165) is 31.4 Å². The summed E-state index contributed by atoms with van der Waals surface area (Å²) >= 11 is 0. The highest BCUT2D eigenvalue weighted by molar-refractivity contribution is 5.29. The summed E-state index contributed by atoms with van der Waals surface area (Å²) in [6, 6.07) is 28.1. The normalized spacial score (nSPS) is 10.5. The maximum Gasteiger partial charge on any atom is 0.118 e. The molecule has 3 aromatic carbocycles. The van der Waals surface area contributed by atoms with Gasteiger partial charge in [-0.1, -0.05) is 66.7 Å². The molecule has 0 aliphatic carbocycles. The van der Waals surface area contributed by atoms with Gasteiger partial charge in [0.15, 0.2) is 0 Å². The molecule has 0 unspecified atom stereocenters. The lowest BCUT2D eigenvalue weighted by Gasteiger charge is -2.06. The van der Waals surface area contributed by atoms with Gasteiger partial charge in [0.25, 0.3) is 0 Å². The Kier molecular flexibility index (Phi) is 5.68. The third kappa shape index (κ3) is 4.73. The van der Waals surface area contributed by atoms with Gasteiger partial charge < -0.3 is 4.74 Å². The highest BCUT2D eigenvalue weighted by Crippen LogP contribution is 2.14. The smallest absolute Gasteiger partial charge is 0.118 e. The molecule has 0 spiro atoms. The first-order valence-electron chi connectivity index (χ1n) is 8.58. The number of hydrogen-bond donors (Lipinski definition) is 0. The average Bonchev–Trinajstić information content (AvgIpc) is 2.67. The highest BCUT2D eigenvalue weighted by Gasteiger charge is 1.99. The Morgan fingerprint density at radius 2 is 0.875 bits per heavy atom. The van der Waals surface area contributed by atoms with Crippen molar-refractivity contribution < 1.29 is 4.74 Å². The van der Waals surface area contributed by atoms with Crippen LogP contribution < -0.4 is 4.74 Å². The average molecular weight is 316 g/mol. The van der Waals surface area contributed by atoms with Crippen LogP contribution in [0.5, 0.6) is 5.75 Å². The van der Waals surface area contributed by atoms with Gasteiger partial charge in [-0.05, 0) is 60.1 Å². The first kappa shape index (κ1) is 16.3. The molecule has 0 heterocycles. The Hall–Kier alpha value is -2.54. The Balaban J connectivity index is 1.50. The van der Waals surface area contributed by atoms with Crippen LogP contribution >= 0.6 is 0 Å². The van der Waals surface area contributed by atoms with Gasteiger partial charge in [0.05, 0.1) is 7.11 Å². The van der Waals surface area contributed by atoms with E-state index in [-0.39, 0.29) is 0 Å². The molecule has 1 nitrogen and oxygen atoms in total. The van der Waals surface area contributed by atoms with Crippen LogP contribution in [0.2, 0.25) is 0 Å². The lowest BCUT2D eigenvalue weighted by Crippen LogP contribution is -1.94. The van der Waals surface area contributed by atoms with Crippen molar-refractivity contribution in [1.82, 2.24) is 0 Å². The van der Waals surface area contributed by atoms with Crippen LogP contribution in [0.15, 0.2) is 78.9 Å². The Labute approximate surface area is 144 Å². The molecule has 0 aliphatic rings. The van der Waals surface area contributed by atoms with Crippen molar-refractivity contribution in [2.75, 3.05) is 7.11 Å². The molecule has 0 bridgehead atoms. The first-order chi connectivity index (χ1) is 11.8. The fourth-order valence-electron chi connectivity index (χ4n) is 2.89. The van der Waals surface area contributed by atoms with E-state index in [9.17, 15) is 0 Å². The van der Waals surface area contributed by atoms with Crippen LogP contribution in [0.4, 0.5) is 0 Å². The van der Waals surface area contributed by atoms with E-state index in [2.05, 4.69) is 66.7 Å². The van der Waals surface area contributed by atoms with Gasteiger partial charge in [0, 0.05) is 0 Å². The van der Waals surface area contributed by atoms with Gasteiger partial charge in [-0.3, -0.25) is 0 Å². The van der Waals surface area contributed by atoms with Crippen molar-refractivity contribution >= 4 is 0 Å². The second-order valence-corrected chi connectivity index (χ2v) is 6.15. The van der Waals surface area contributed by atoms with E-state index in [1.807, 2.05) is 12.1 Å². The molecule has 3 aromatic rings. The fourth-order valence-corrected chi connectivity index (χ4v) is 2.89. The van der Waals surface area contributed by atoms with E-state index in [4.69, 9.17) is 4.74 Å². The minimum atomic E-state index is 0.918. The summed E-state index contributed by atoms with van der Waals surface area (Å²) < 4.78 is 5.20. The van der Waals surface area contributed by atoms with Crippen LogP contribution in [0, 0.1) is 0 Å². The minimum absolute atomic E-state index is 0.918. The Morgan fingerprint density at radius 3 is 1.29 bits per heavy atom. The topological polar surface area (TPSA) is 9.23 Å². The zero-order chi connectivity index (χ0) is 16.6. The van der Waals surface area contributed by atoms with E-state index in [1.165, 1.54) is 22.3 Å². The van der Waals surface area contributed by atoms with Crippen molar-refractivity contribution in [3.05, 3.63) is 101 Å². The van der Waals surface area contributed by atoms with Gasteiger partial charge in [0.2, 0.25) is 0 Å². The molecule has 0 aliphatic heterocycles. The maximum absolute atomic E-state index is 5.20. The minimum Gasteiger partial charge on any atom is -0.497 e. The monoisotopic (exact) mass is 316 g/mol. The second kappa shape index (κ2) is 8.35. The first-order valence-corrected chi connectivity index (χ1v) is 8.58. The number of hydrogen-bond acceptors (Lipinski definition) is 1. The van der Waals surface area contributed by atoms with Crippen LogP contribution in [0.25, 0.3) is 0 Å². The van der Waals surface area contributed by atoms with Crippen molar-refractivity contribution in [3.8, 4) is 5.75 Å². The number of benzene rings is 3. The predicted octanol–water partition coefficient (Wildman–Crippen LogP) is 5.27. The van der Waals surface area contributed by atoms with E-state index >= 15 is 0 Å². The molecule has 122 valence electrons. The molecule has 24 heavy (non-hydrogen) atoms. The third-order valence-corrected chi connectivity index (χ3v) is 4.43. The molecule has 0 amide bonds. The molecule has 0 radical (unpaired) electrons. The summed E-state index contributed by atoms with van der Waals surface area (Å²) in [5, 5.41) is 0. The van der Waals surface area contributed by atoms with Crippen molar-refractivity contribution in [2.45, 2.75) is 25.7 Å². The zero-order valence-electron chi connectivity index (χ0n) is 14.2. The summed E-state index contributed by atoms with van der Waals surface area (Å²) in [4.78, 5) is 0. The summed E-state index contributed by atoms with van der Waals surface area (Å²) in [5.74, 6) is 0.918. The molecular weight excluding hydrogens is 292 g/mol. The van der Waals surface area contributed by atoms with Crippen molar-refractivity contribution in [2.24, 2.45) is 0 Å². The second-order valence-electron chi connectivity index (χ2n) is 6.15. The van der Waals surface area contributed by atoms with Crippen LogP contribution in [0.3, 0.4) is 0 Å². The van der Waals surface area contributed by atoms with Crippen molar-refractivity contribution in [3.63, 3.8) is 0 Å². The maximum atomic E-state index is 5.20. The van der Waals surface area contributed by atoms with E-state index in [0.29, 0.717) is 0 Å². The number of ether oxygens (including phenoxy) is 1. The van der Waals surface area contributed by atoms with Gasteiger partial charge in [-0.2, -0.15) is 0 Å². The Bertz CT molecular complexity index is 727.